The maximum atomic E-state index is 11.3. The molecule has 0 amide bonds. The summed E-state index contributed by atoms with van der Waals surface area (Å²) in [5, 5.41) is 20.4. The maximum absolute atomic E-state index is 11.3. The fourth-order valence-corrected chi connectivity index (χ4v) is 2.11. The van der Waals surface area contributed by atoms with Gasteiger partial charge in [0.25, 0.3) is 5.69 Å². The first-order valence-corrected chi connectivity index (χ1v) is 7.82. The zero-order valence-corrected chi connectivity index (χ0v) is 14.2. The van der Waals surface area contributed by atoms with Crippen molar-refractivity contribution in [3.63, 3.8) is 0 Å². The summed E-state index contributed by atoms with van der Waals surface area (Å²) in [4.78, 5) is 22.0. The Bertz CT molecular complexity index is 509. The number of aliphatic carboxylic acids is 1. The van der Waals surface area contributed by atoms with E-state index in [2.05, 4.69) is 6.92 Å². The van der Waals surface area contributed by atoms with Crippen LogP contribution in [0.15, 0.2) is 18.2 Å². The van der Waals surface area contributed by atoms with Gasteiger partial charge in [-0.05, 0) is 32.3 Å². The minimum Gasteiger partial charge on any atom is -0.481 e. The van der Waals surface area contributed by atoms with Gasteiger partial charge in [0.05, 0.1) is 10.3 Å². The lowest BCUT2D eigenvalue weighted by molar-refractivity contribution is -0.386. The summed E-state index contributed by atoms with van der Waals surface area (Å²) in [5.41, 5.74) is -0.250. The van der Waals surface area contributed by atoms with E-state index in [1.54, 1.807) is 12.1 Å². The number of carbonyl (C=O) groups is 1. The number of hydrogen-bond acceptors (Lipinski definition) is 3. The van der Waals surface area contributed by atoms with Gasteiger partial charge >= 0.3 is 5.97 Å². The number of unbranched alkanes of at least 4 members (excludes halogenated alkanes) is 2. The molecule has 124 valence electrons. The third-order valence-electron chi connectivity index (χ3n) is 3.54. The van der Waals surface area contributed by atoms with Gasteiger partial charge in [-0.2, -0.15) is 0 Å². The van der Waals surface area contributed by atoms with Crippen molar-refractivity contribution in [1.29, 1.82) is 0 Å². The van der Waals surface area contributed by atoms with E-state index in [-0.39, 0.29) is 11.3 Å². The molecular weight excluding hydrogens is 282 g/mol. The van der Waals surface area contributed by atoms with Crippen LogP contribution in [0.4, 0.5) is 5.69 Å². The Morgan fingerprint density at radius 2 is 1.86 bits per heavy atom. The van der Waals surface area contributed by atoms with Crippen molar-refractivity contribution in [3.05, 3.63) is 39.4 Å². The van der Waals surface area contributed by atoms with Gasteiger partial charge in [0.1, 0.15) is 0 Å². The number of nitrogens with zero attached hydrogens (tertiary/aromatic N) is 1. The summed E-state index contributed by atoms with van der Waals surface area (Å²) in [5.74, 6) is -1.07. The Morgan fingerprint density at radius 1 is 1.27 bits per heavy atom. The van der Waals surface area contributed by atoms with Gasteiger partial charge in [-0.25, -0.2) is 0 Å². The zero-order chi connectivity index (χ0) is 17.3. The van der Waals surface area contributed by atoms with Gasteiger partial charge in [0, 0.05) is 11.6 Å². The fourth-order valence-electron chi connectivity index (χ4n) is 2.11. The predicted octanol–water partition coefficient (Wildman–Crippen LogP) is 4.72. The van der Waals surface area contributed by atoms with Gasteiger partial charge in [0.15, 0.2) is 0 Å². The highest BCUT2D eigenvalue weighted by Gasteiger charge is 2.35. The molecule has 0 saturated carbocycles. The average Bonchev–Trinajstić information content (AvgIpc) is 2.49. The van der Waals surface area contributed by atoms with E-state index < -0.39 is 16.3 Å². The zero-order valence-electron chi connectivity index (χ0n) is 14.2. The standard InChI is InChI=1S/C15H21NO4.C2H6/c1-4-5-6-7-11-8-9-12(13(10-11)16(19)20)15(2,3)14(17)18;1-2/h8-10H,4-7H2,1-3H3,(H,17,18);1-2H3. The van der Waals surface area contributed by atoms with E-state index in [0.717, 1.165) is 31.2 Å². The summed E-state index contributed by atoms with van der Waals surface area (Å²) >= 11 is 0. The minimum atomic E-state index is -1.27. The molecule has 1 aromatic rings. The summed E-state index contributed by atoms with van der Waals surface area (Å²) in [6.45, 7) is 9.06. The van der Waals surface area contributed by atoms with Crippen LogP contribution in [0.3, 0.4) is 0 Å². The molecule has 1 N–H and O–H groups in total. The first kappa shape index (κ1) is 20.1. The number of nitro groups is 1. The molecule has 0 unspecified atom stereocenters. The average molecular weight is 309 g/mol. The van der Waals surface area contributed by atoms with Crippen LogP contribution in [-0.2, 0) is 16.6 Å². The number of nitro benzene ring substituents is 1. The van der Waals surface area contributed by atoms with Crippen LogP contribution in [0, 0.1) is 10.1 Å². The molecule has 5 heteroatoms. The van der Waals surface area contributed by atoms with Gasteiger partial charge in [-0.15, -0.1) is 0 Å². The van der Waals surface area contributed by atoms with E-state index >= 15 is 0 Å². The smallest absolute Gasteiger partial charge is 0.313 e. The van der Waals surface area contributed by atoms with Gasteiger partial charge < -0.3 is 5.11 Å². The van der Waals surface area contributed by atoms with Crippen LogP contribution in [0.2, 0.25) is 0 Å². The Kier molecular flexibility index (Phi) is 8.38. The second-order valence-electron chi connectivity index (χ2n) is 5.50. The third-order valence-corrected chi connectivity index (χ3v) is 3.54. The lowest BCUT2D eigenvalue weighted by Crippen LogP contribution is -2.29. The molecule has 0 saturated heterocycles. The van der Waals surface area contributed by atoms with Crippen molar-refractivity contribution < 1.29 is 14.8 Å². The van der Waals surface area contributed by atoms with Crippen LogP contribution >= 0.6 is 0 Å². The first-order valence-electron chi connectivity index (χ1n) is 7.82. The van der Waals surface area contributed by atoms with E-state index in [9.17, 15) is 20.0 Å². The van der Waals surface area contributed by atoms with Crippen LogP contribution < -0.4 is 0 Å². The Morgan fingerprint density at radius 3 is 2.32 bits per heavy atom. The monoisotopic (exact) mass is 309 g/mol. The highest BCUT2D eigenvalue weighted by Crippen LogP contribution is 2.32. The summed E-state index contributed by atoms with van der Waals surface area (Å²) in [7, 11) is 0. The molecule has 5 nitrogen and oxygen atoms in total. The Labute approximate surface area is 132 Å². The van der Waals surface area contributed by atoms with Gasteiger partial charge in [-0.3, -0.25) is 14.9 Å². The highest BCUT2D eigenvalue weighted by atomic mass is 16.6. The Hall–Kier alpha value is -1.91. The van der Waals surface area contributed by atoms with Crippen molar-refractivity contribution in [2.75, 3.05) is 0 Å². The number of aryl methyl sites for hydroxylation is 1. The number of hydrogen-bond donors (Lipinski definition) is 1. The molecule has 0 heterocycles. The first-order chi connectivity index (χ1) is 10.3. The molecule has 0 aliphatic carbocycles. The molecule has 0 fully saturated rings. The number of carboxylic acids is 1. The van der Waals surface area contributed by atoms with Gasteiger partial charge in [0.2, 0.25) is 0 Å². The van der Waals surface area contributed by atoms with Crippen molar-refractivity contribution in [2.24, 2.45) is 0 Å². The second-order valence-corrected chi connectivity index (χ2v) is 5.50. The van der Waals surface area contributed by atoms with Crippen molar-refractivity contribution in [1.82, 2.24) is 0 Å². The van der Waals surface area contributed by atoms with Crippen molar-refractivity contribution >= 4 is 11.7 Å². The van der Waals surface area contributed by atoms with E-state index in [1.807, 2.05) is 13.8 Å². The minimum absolute atomic E-state index is 0.105. The van der Waals surface area contributed by atoms with Crippen molar-refractivity contribution in [2.45, 2.75) is 65.7 Å². The fraction of sp³-hybridized carbons (Fsp3) is 0.588. The molecule has 0 aliphatic heterocycles. The van der Waals surface area contributed by atoms with E-state index in [1.165, 1.54) is 19.9 Å². The number of benzene rings is 1. The van der Waals surface area contributed by atoms with Crippen LogP contribution in [-0.4, -0.2) is 16.0 Å². The topological polar surface area (TPSA) is 80.4 Å². The third kappa shape index (κ3) is 5.13. The summed E-state index contributed by atoms with van der Waals surface area (Å²) in [6.07, 6.45) is 3.93. The quantitative estimate of drug-likeness (QED) is 0.449. The normalized spacial score (nSPS) is 10.6. The molecule has 1 aromatic carbocycles. The molecule has 0 aromatic heterocycles. The molecule has 0 atom stereocenters. The molecule has 22 heavy (non-hydrogen) atoms. The SMILES string of the molecule is CC.CCCCCc1ccc(C(C)(C)C(=O)O)c([N+](=O)[O-])c1. The molecule has 0 bridgehead atoms. The van der Waals surface area contributed by atoms with E-state index in [4.69, 9.17) is 0 Å². The summed E-state index contributed by atoms with van der Waals surface area (Å²) in [6, 6.07) is 4.88. The molecule has 0 spiro atoms. The Balaban J connectivity index is 0.00000211. The number of rotatable bonds is 7. The maximum Gasteiger partial charge on any atom is 0.313 e. The summed E-state index contributed by atoms with van der Waals surface area (Å²) < 4.78 is 0. The highest BCUT2D eigenvalue weighted by molar-refractivity contribution is 5.82. The lowest BCUT2D eigenvalue weighted by Gasteiger charge is -2.19. The van der Waals surface area contributed by atoms with Crippen LogP contribution in [0.5, 0.6) is 0 Å². The molecule has 0 radical (unpaired) electrons. The van der Waals surface area contributed by atoms with Crippen molar-refractivity contribution in [3.8, 4) is 0 Å². The molecule has 1 rings (SSSR count). The van der Waals surface area contributed by atoms with Crippen LogP contribution in [0.1, 0.15) is 65.0 Å². The van der Waals surface area contributed by atoms with Crippen LogP contribution in [0.25, 0.3) is 0 Å². The molecule has 0 aliphatic rings. The number of carboxylic acid groups (broad SMARTS) is 1. The van der Waals surface area contributed by atoms with Gasteiger partial charge in [-0.1, -0.05) is 45.7 Å². The molecular formula is C17H27NO4. The lowest BCUT2D eigenvalue weighted by atomic mass is 9.83. The predicted molar refractivity (Wildman–Crippen MR) is 88.3 cm³/mol. The largest absolute Gasteiger partial charge is 0.481 e. The van der Waals surface area contributed by atoms with E-state index in [0.29, 0.717) is 0 Å². The second kappa shape index (κ2) is 9.18.